The van der Waals surface area contributed by atoms with Crippen molar-refractivity contribution < 1.29 is 4.74 Å². The van der Waals surface area contributed by atoms with Crippen molar-refractivity contribution in [3.8, 4) is 17.0 Å². The third kappa shape index (κ3) is 3.24. The van der Waals surface area contributed by atoms with Crippen LogP contribution in [-0.4, -0.2) is 31.3 Å². The number of aromatic nitrogens is 5. The number of rotatable bonds is 7. The zero-order chi connectivity index (χ0) is 19.5. The van der Waals surface area contributed by atoms with E-state index in [1.54, 1.807) is 16.2 Å². The second-order valence-corrected chi connectivity index (χ2v) is 6.80. The number of benzene rings is 1. The van der Waals surface area contributed by atoms with Crippen LogP contribution in [0.15, 0.2) is 47.7 Å². The number of methoxy groups -OCH3 is 1. The van der Waals surface area contributed by atoms with Gasteiger partial charge in [0.05, 0.1) is 23.7 Å². The van der Waals surface area contributed by atoms with Gasteiger partial charge in [-0.05, 0) is 24.6 Å². The van der Waals surface area contributed by atoms with Gasteiger partial charge in [0, 0.05) is 18.3 Å². The van der Waals surface area contributed by atoms with Crippen molar-refractivity contribution in [3.63, 3.8) is 0 Å². The summed E-state index contributed by atoms with van der Waals surface area (Å²) in [5.74, 6) is 1.18. The summed E-state index contributed by atoms with van der Waals surface area (Å²) in [7, 11) is 1.62. The molecule has 7 heteroatoms. The second kappa shape index (κ2) is 7.80. The molecule has 0 saturated heterocycles. The van der Waals surface area contributed by atoms with Crippen LogP contribution in [0.4, 0.5) is 0 Å². The summed E-state index contributed by atoms with van der Waals surface area (Å²) in [5, 5.41) is 4.86. The van der Waals surface area contributed by atoms with E-state index in [1.165, 1.54) is 19.2 Å². The van der Waals surface area contributed by atoms with Crippen LogP contribution in [0.1, 0.15) is 32.6 Å². The summed E-state index contributed by atoms with van der Waals surface area (Å²) in [6, 6.07) is 9.49. The number of ether oxygens (including phenoxy) is 1. The molecular weight excluding hydrogens is 354 g/mol. The number of fused-ring (bicyclic) bond motifs is 2. The molecule has 4 aromatic rings. The molecule has 0 unspecified atom stereocenters. The highest BCUT2D eigenvalue weighted by Gasteiger charge is 2.17. The Labute approximate surface area is 162 Å². The molecule has 0 spiro atoms. The Morgan fingerprint density at radius 1 is 1.14 bits per heavy atom. The van der Waals surface area contributed by atoms with Gasteiger partial charge >= 0.3 is 0 Å². The Bertz CT molecular complexity index is 1180. The summed E-state index contributed by atoms with van der Waals surface area (Å²) in [6.45, 7) is 2.87. The van der Waals surface area contributed by atoms with Crippen molar-refractivity contribution in [2.75, 3.05) is 7.11 Å². The van der Waals surface area contributed by atoms with E-state index in [-0.39, 0.29) is 5.56 Å². The fraction of sp³-hybridized carbons (Fsp3) is 0.333. The number of unbranched alkanes of at least 4 members (excludes halogenated alkanes) is 3. The molecule has 0 amide bonds. The standard InChI is InChI=1S/C21H23N5O2/c1-3-4-5-6-11-25-12-10-17-18(20(25)27)19(26-21(24-17)22-14-23-26)15-8-7-9-16(13-15)28-2/h7-10,12-14H,3-6,11H2,1-2H3. The lowest BCUT2D eigenvalue weighted by Crippen LogP contribution is -2.21. The summed E-state index contributed by atoms with van der Waals surface area (Å²) in [6.07, 6.45) is 7.72. The Morgan fingerprint density at radius 2 is 2.04 bits per heavy atom. The Hall–Kier alpha value is -3.22. The number of hydrogen-bond donors (Lipinski definition) is 0. The first-order valence-corrected chi connectivity index (χ1v) is 9.60. The predicted octanol–water partition coefficient (Wildman–Crippen LogP) is 3.70. The minimum absolute atomic E-state index is 0.0586. The monoisotopic (exact) mass is 377 g/mol. The van der Waals surface area contributed by atoms with Crippen LogP contribution in [0.2, 0.25) is 0 Å². The van der Waals surface area contributed by atoms with Crippen molar-refractivity contribution in [2.45, 2.75) is 39.2 Å². The van der Waals surface area contributed by atoms with Crippen LogP contribution < -0.4 is 10.3 Å². The first-order valence-electron chi connectivity index (χ1n) is 9.60. The quantitative estimate of drug-likeness (QED) is 0.459. The van der Waals surface area contributed by atoms with Gasteiger partial charge in [-0.25, -0.2) is 4.98 Å². The zero-order valence-electron chi connectivity index (χ0n) is 16.1. The number of nitrogens with zero attached hydrogens (tertiary/aromatic N) is 5. The number of aryl methyl sites for hydroxylation is 1. The van der Waals surface area contributed by atoms with Gasteiger partial charge in [0.1, 0.15) is 12.1 Å². The van der Waals surface area contributed by atoms with E-state index in [9.17, 15) is 4.79 Å². The molecule has 7 nitrogen and oxygen atoms in total. The van der Waals surface area contributed by atoms with Crippen LogP contribution >= 0.6 is 0 Å². The number of pyridine rings is 1. The van der Waals surface area contributed by atoms with Crippen molar-refractivity contribution >= 4 is 16.7 Å². The average Bonchev–Trinajstić information content (AvgIpc) is 3.19. The average molecular weight is 377 g/mol. The van der Waals surface area contributed by atoms with Crippen LogP contribution in [-0.2, 0) is 6.54 Å². The van der Waals surface area contributed by atoms with E-state index in [2.05, 4.69) is 22.0 Å². The minimum atomic E-state index is -0.0586. The molecule has 1 aromatic carbocycles. The molecule has 0 N–H and O–H groups in total. The molecule has 0 fully saturated rings. The molecule has 0 aliphatic carbocycles. The van der Waals surface area contributed by atoms with E-state index in [1.807, 2.05) is 36.5 Å². The van der Waals surface area contributed by atoms with E-state index in [4.69, 9.17) is 4.74 Å². The maximum absolute atomic E-state index is 13.3. The van der Waals surface area contributed by atoms with E-state index in [0.29, 0.717) is 34.7 Å². The van der Waals surface area contributed by atoms with E-state index in [0.717, 1.165) is 18.4 Å². The van der Waals surface area contributed by atoms with Crippen molar-refractivity contribution in [2.24, 2.45) is 0 Å². The zero-order valence-corrected chi connectivity index (χ0v) is 16.1. The largest absolute Gasteiger partial charge is 0.497 e. The molecule has 4 rings (SSSR count). The maximum Gasteiger partial charge on any atom is 0.262 e. The topological polar surface area (TPSA) is 74.3 Å². The first kappa shape index (κ1) is 18.2. The summed E-state index contributed by atoms with van der Waals surface area (Å²) in [4.78, 5) is 22.1. The third-order valence-electron chi connectivity index (χ3n) is 4.94. The number of hydrogen-bond acceptors (Lipinski definition) is 5. The van der Waals surface area contributed by atoms with Crippen LogP contribution in [0.25, 0.3) is 27.9 Å². The highest BCUT2D eigenvalue weighted by Crippen LogP contribution is 2.28. The van der Waals surface area contributed by atoms with Gasteiger partial charge in [0.15, 0.2) is 0 Å². The highest BCUT2D eigenvalue weighted by atomic mass is 16.5. The SMILES string of the molecule is CCCCCCn1ccc2nc3ncnn3c(-c3cccc(OC)c3)c2c1=O. The Balaban J connectivity index is 1.93. The molecule has 144 valence electrons. The van der Waals surface area contributed by atoms with Crippen LogP contribution in [0, 0.1) is 0 Å². The van der Waals surface area contributed by atoms with Crippen LogP contribution in [0.3, 0.4) is 0 Å². The smallest absolute Gasteiger partial charge is 0.262 e. The predicted molar refractivity (Wildman–Crippen MR) is 109 cm³/mol. The molecule has 28 heavy (non-hydrogen) atoms. The van der Waals surface area contributed by atoms with Gasteiger partial charge in [-0.15, -0.1) is 0 Å². The minimum Gasteiger partial charge on any atom is -0.497 e. The van der Waals surface area contributed by atoms with Gasteiger partial charge in [0.2, 0.25) is 0 Å². The Kier molecular flexibility index (Phi) is 5.06. The normalized spacial score (nSPS) is 11.4. The molecule has 0 aliphatic heterocycles. The van der Waals surface area contributed by atoms with Gasteiger partial charge < -0.3 is 9.30 Å². The molecule has 0 radical (unpaired) electrons. The van der Waals surface area contributed by atoms with Crippen LogP contribution in [0.5, 0.6) is 5.75 Å². The first-order chi connectivity index (χ1) is 13.7. The summed E-state index contributed by atoms with van der Waals surface area (Å²) in [5.41, 5.74) is 2.08. The van der Waals surface area contributed by atoms with Gasteiger partial charge in [-0.3, -0.25) is 4.79 Å². The lowest BCUT2D eigenvalue weighted by atomic mass is 10.1. The lowest BCUT2D eigenvalue weighted by Gasteiger charge is -2.12. The fourth-order valence-electron chi connectivity index (χ4n) is 3.49. The lowest BCUT2D eigenvalue weighted by molar-refractivity contribution is 0.415. The maximum atomic E-state index is 13.3. The highest BCUT2D eigenvalue weighted by molar-refractivity contribution is 5.93. The van der Waals surface area contributed by atoms with Gasteiger partial charge in [-0.2, -0.15) is 14.6 Å². The third-order valence-corrected chi connectivity index (χ3v) is 4.94. The molecule has 0 bridgehead atoms. The van der Waals surface area contributed by atoms with Crippen molar-refractivity contribution in [3.05, 3.63) is 53.2 Å². The van der Waals surface area contributed by atoms with Crippen molar-refractivity contribution in [1.82, 2.24) is 24.1 Å². The van der Waals surface area contributed by atoms with Gasteiger partial charge in [0.25, 0.3) is 11.3 Å². The molecule has 3 aromatic heterocycles. The Morgan fingerprint density at radius 3 is 2.86 bits per heavy atom. The van der Waals surface area contributed by atoms with E-state index >= 15 is 0 Å². The summed E-state index contributed by atoms with van der Waals surface area (Å²) >= 11 is 0. The van der Waals surface area contributed by atoms with Gasteiger partial charge in [-0.1, -0.05) is 38.3 Å². The molecule has 0 aliphatic rings. The molecule has 0 atom stereocenters. The van der Waals surface area contributed by atoms with Crippen molar-refractivity contribution in [1.29, 1.82) is 0 Å². The molecular formula is C21H23N5O2. The van der Waals surface area contributed by atoms with E-state index < -0.39 is 0 Å². The second-order valence-electron chi connectivity index (χ2n) is 6.80. The molecule has 3 heterocycles. The molecule has 0 saturated carbocycles. The summed E-state index contributed by atoms with van der Waals surface area (Å²) < 4.78 is 8.76. The fourth-order valence-corrected chi connectivity index (χ4v) is 3.49.